The maximum Gasteiger partial charge on any atom is 0.331 e. The van der Waals surface area contributed by atoms with E-state index in [-0.39, 0.29) is 34.7 Å². The molecule has 2 aliphatic heterocycles. The lowest BCUT2D eigenvalue weighted by Gasteiger charge is -2.64. The van der Waals surface area contributed by atoms with Gasteiger partial charge in [0.2, 0.25) is 0 Å². The summed E-state index contributed by atoms with van der Waals surface area (Å²) in [5.41, 5.74) is 0.0988. The summed E-state index contributed by atoms with van der Waals surface area (Å²) in [5, 5.41) is 55.1. The molecule has 10 heteroatoms. The number of carbonyl (C=O) groups excluding carboxylic acids is 1. The predicted octanol–water partition coefficient (Wildman–Crippen LogP) is 1.28. The van der Waals surface area contributed by atoms with Gasteiger partial charge in [0.05, 0.1) is 19.3 Å². The first-order chi connectivity index (χ1) is 19.0. The first-order valence-corrected chi connectivity index (χ1v) is 15.2. The van der Waals surface area contributed by atoms with E-state index in [1.54, 1.807) is 11.1 Å². The molecule has 4 saturated carbocycles. The first-order valence-electron chi connectivity index (χ1n) is 15.2. The molecule has 40 heavy (non-hydrogen) atoms. The number of rotatable bonds is 5. The highest BCUT2D eigenvalue weighted by molar-refractivity contribution is 5.85. The van der Waals surface area contributed by atoms with Crippen molar-refractivity contribution in [2.45, 2.75) is 114 Å². The minimum atomic E-state index is -1.45. The molecular weight excluding hydrogens is 518 g/mol. The zero-order valence-corrected chi connectivity index (χ0v) is 23.9. The largest absolute Gasteiger partial charge is 0.458 e. The van der Waals surface area contributed by atoms with Crippen molar-refractivity contribution in [3.63, 3.8) is 0 Å². The fraction of sp³-hybridized carbons (Fsp3) is 0.900. The number of cyclic esters (lactones) is 1. The summed E-state index contributed by atoms with van der Waals surface area (Å²) in [6.07, 6.45) is 3.63. The van der Waals surface area contributed by atoms with Gasteiger partial charge in [0.15, 0.2) is 6.23 Å². The molecule has 6 rings (SSSR count). The highest BCUT2D eigenvalue weighted by Gasteiger charge is 2.68. The van der Waals surface area contributed by atoms with Crippen LogP contribution < -0.4 is 0 Å². The number of esters is 1. The smallest absolute Gasteiger partial charge is 0.331 e. The van der Waals surface area contributed by atoms with Crippen LogP contribution in [0.5, 0.6) is 0 Å². The Labute approximate surface area is 236 Å². The molecule has 13 atom stereocenters. The zero-order chi connectivity index (χ0) is 28.6. The topological polar surface area (TPSA) is 149 Å². The number of hydroxylamine groups is 2. The lowest BCUT2D eigenvalue weighted by Crippen LogP contribution is -2.66. The maximum absolute atomic E-state index is 12.4. The van der Waals surface area contributed by atoms with E-state index >= 15 is 0 Å². The van der Waals surface area contributed by atoms with E-state index in [1.165, 1.54) is 7.11 Å². The number of nitrogens with zero attached hydrogens (tertiary/aromatic N) is 1. The Kier molecular flexibility index (Phi) is 7.43. The summed E-state index contributed by atoms with van der Waals surface area (Å²) in [7, 11) is 1.53. The molecular formula is C30H47NO9. The molecule has 0 aromatic carbocycles. The number of aliphatic hydroxyl groups excluding tert-OH is 4. The van der Waals surface area contributed by atoms with Crippen molar-refractivity contribution < 1.29 is 44.6 Å². The number of aliphatic hydroxyl groups is 5. The van der Waals surface area contributed by atoms with Crippen LogP contribution in [0, 0.1) is 34.5 Å². The Bertz CT molecular complexity index is 1020. The molecule has 4 aliphatic carbocycles. The predicted molar refractivity (Wildman–Crippen MR) is 142 cm³/mol. The van der Waals surface area contributed by atoms with E-state index < -0.39 is 42.9 Å². The molecule has 2 heterocycles. The van der Waals surface area contributed by atoms with Crippen LogP contribution in [0.1, 0.15) is 71.6 Å². The standard InChI is InChI=1S/C30H47NO9/c1-28-9-6-18(31(38-3)27-26(36)25(35)24(34)22(14-32)40-27)13-17(28)4-5-21-20(28)7-10-29(2)19(8-11-30(21,29)37)16-12-23(33)39-15-16/h12,17-22,24-27,32,34-37H,4-11,13-15H2,1-3H3/t17?,18-,19+,20?,21?,22+,24+,25-,26+,27?,28-,29+,30-/m0/s1. The second-order valence-corrected chi connectivity index (χ2v) is 14.0. The number of carbonyl (C=O) groups is 1. The van der Waals surface area contributed by atoms with Crippen LogP contribution in [-0.4, -0.2) is 99.2 Å². The van der Waals surface area contributed by atoms with Crippen LogP contribution in [0.4, 0.5) is 0 Å². The third-order valence-electron chi connectivity index (χ3n) is 12.6. The SMILES string of the molecule is CON(C1O[C@H](CO)[C@@H](O)[C@H](O)[C@H]1O)[C@H]1CC[C@@]2(C)C(CCC3C2CC[C@]2(C)[C@@H](C4=CC(=O)OC4)CC[C@]32O)C1. The Hall–Kier alpha value is -1.11. The molecule has 5 N–H and O–H groups in total. The quantitative estimate of drug-likeness (QED) is 0.244. The van der Waals surface area contributed by atoms with Gasteiger partial charge >= 0.3 is 5.97 Å². The number of fused-ring (bicyclic) bond motifs is 5. The van der Waals surface area contributed by atoms with Gasteiger partial charge in [-0.2, -0.15) is 5.06 Å². The number of hydrogen-bond donors (Lipinski definition) is 5. The van der Waals surface area contributed by atoms with Crippen molar-refractivity contribution in [3.05, 3.63) is 11.6 Å². The van der Waals surface area contributed by atoms with E-state index in [0.717, 1.165) is 63.4 Å². The van der Waals surface area contributed by atoms with Crippen molar-refractivity contribution in [2.24, 2.45) is 34.5 Å². The fourth-order valence-electron chi connectivity index (χ4n) is 10.4. The van der Waals surface area contributed by atoms with Gasteiger partial charge in [0.25, 0.3) is 0 Å². The van der Waals surface area contributed by atoms with Gasteiger partial charge < -0.3 is 35.0 Å². The molecule has 0 spiro atoms. The zero-order valence-electron chi connectivity index (χ0n) is 23.9. The number of ether oxygens (including phenoxy) is 2. The first kappa shape index (κ1) is 29.0. The fourth-order valence-corrected chi connectivity index (χ4v) is 10.4. The second-order valence-electron chi connectivity index (χ2n) is 14.0. The van der Waals surface area contributed by atoms with Crippen LogP contribution >= 0.6 is 0 Å². The monoisotopic (exact) mass is 565 g/mol. The Morgan fingerprint density at radius 2 is 1.77 bits per heavy atom. The van der Waals surface area contributed by atoms with Gasteiger partial charge in [-0.3, -0.25) is 4.84 Å². The Morgan fingerprint density at radius 3 is 2.45 bits per heavy atom. The molecule has 5 fully saturated rings. The normalized spacial score (nSPS) is 52.5. The molecule has 0 aromatic heterocycles. The van der Waals surface area contributed by atoms with Crippen molar-refractivity contribution in [3.8, 4) is 0 Å². The summed E-state index contributed by atoms with van der Waals surface area (Å²) in [6, 6.07) is -0.0549. The van der Waals surface area contributed by atoms with Gasteiger partial charge in [0.1, 0.15) is 31.0 Å². The molecule has 10 nitrogen and oxygen atoms in total. The summed E-state index contributed by atoms with van der Waals surface area (Å²) in [5.74, 6) is 0.949. The lowest BCUT2D eigenvalue weighted by molar-refractivity contribution is -0.344. The van der Waals surface area contributed by atoms with Crippen LogP contribution in [0.25, 0.3) is 0 Å². The van der Waals surface area contributed by atoms with Crippen molar-refractivity contribution >= 4 is 5.97 Å². The van der Waals surface area contributed by atoms with Gasteiger partial charge in [-0.05, 0) is 92.4 Å². The minimum Gasteiger partial charge on any atom is -0.458 e. The number of hydrogen-bond acceptors (Lipinski definition) is 10. The average Bonchev–Trinajstić information content (AvgIpc) is 3.48. The molecule has 0 aromatic rings. The Balaban J connectivity index is 1.19. The van der Waals surface area contributed by atoms with Crippen molar-refractivity contribution in [2.75, 3.05) is 20.3 Å². The molecule has 0 bridgehead atoms. The van der Waals surface area contributed by atoms with E-state index in [4.69, 9.17) is 14.3 Å². The molecule has 0 amide bonds. The average molecular weight is 566 g/mol. The van der Waals surface area contributed by atoms with Crippen LogP contribution in [0.2, 0.25) is 0 Å². The molecule has 4 unspecified atom stereocenters. The molecule has 1 saturated heterocycles. The van der Waals surface area contributed by atoms with Crippen LogP contribution in [0.15, 0.2) is 11.6 Å². The van der Waals surface area contributed by atoms with Gasteiger partial charge in [0, 0.05) is 17.5 Å². The summed E-state index contributed by atoms with van der Waals surface area (Å²) in [4.78, 5) is 17.6. The molecule has 6 aliphatic rings. The van der Waals surface area contributed by atoms with Crippen LogP contribution in [0.3, 0.4) is 0 Å². The summed E-state index contributed by atoms with van der Waals surface area (Å²) >= 11 is 0. The Morgan fingerprint density at radius 1 is 1.00 bits per heavy atom. The molecule has 226 valence electrons. The van der Waals surface area contributed by atoms with Gasteiger partial charge in [-0.25, -0.2) is 4.79 Å². The van der Waals surface area contributed by atoms with Gasteiger partial charge in [-0.15, -0.1) is 0 Å². The lowest BCUT2D eigenvalue weighted by atomic mass is 9.43. The summed E-state index contributed by atoms with van der Waals surface area (Å²) in [6.45, 7) is 4.53. The third kappa shape index (κ3) is 4.08. The second kappa shape index (κ2) is 10.3. The highest BCUT2D eigenvalue weighted by atomic mass is 16.7. The molecule has 0 radical (unpaired) electrons. The third-order valence-corrected chi connectivity index (χ3v) is 12.6. The van der Waals surface area contributed by atoms with Gasteiger partial charge in [-0.1, -0.05) is 13.8 Å². The van der Waals surface area contributed by atoms with Crippen LogP contribution in [-0.2, 0) is 19.1 Å². The van der Waals surface area contributed by atoms with E-state index in [1.807, 2.05) is 0 Å². The highest BCUT2D eigenvalue weighted by Crippen LogP contribution is 2.70. The van der Waals surface area contributed by atoms with Crippen molar-refractivity contribution in [1.82, 2.24) is 5.06 Å². The summed E-state index contributed by atoms with van der Waals surface area (Å²) < 4.78 is 11.1. The minimum absolute atomic E-state index is 0.0549. The maximum atomic E-state index is 12.4. The van der Waals surface area contributed by atoms with E-state index in [0.29, 0.717) is 18.4 Å². The van der Waals surface area contributed by atoms with Crippen molar-refractivity contribution in [1.29, 1.82) is 0 Å². The van der Waals surface area contributed by atoms with E-state index in [9.17, 15) is 30.3 Å². The van der Waals surface area contributed by atoms with E-state index in [2.05, 4.69) is 13.8 Å².